The van der Waals surface area contributed by atoms with Crippen LogP contribution in [0.3, 0.4) is 0 Å². The van der Waals surface area contributed by atoms with Crippen LogP contribution in [0.25, 0.3) is 0 Å². The van der Waals surface area contributed by atoms with Crippen LogP contribution in [0.15, 0.2) is 12.1 Å². The lowest BCUT2D eigenvalue weighted by Gasteiger charge is -2.31. The maximum Gasteiger partial charge on any atom is 0.328 e. The Morgan fingerprint density at radius 2 is 1.59 bits per heavy atom. The molecule has 0 aliphatic carbocycles. The van der Waals surface area contributed by atoms with E-state index < -0.39 is 60.6 Å². The number of piperidine rings is 1. The van der Waals surface area contributed by atoms with Gasteiger partial charge in [0.15, 0.2) is 11.5 Å². The van der Waals surface area contributed by atoms with E-state index in [0.29, 0.717) is 4.90 Å². The van der Waals surface area contributed by atoms with Crippen molar-refractivity contribution < 1.29 is 52.5 Å². The summed E-state index contributed by atoms with van der Waals surface area (Å²) in [5, 5.41) is 4.80. The maximum absolute atomic E-state index is 13.0. The number of benzene rings is 1. The van der Waals surface area contributed by atoms with Crippen LogP contribution >= 0.6 is 0 Å². The van der Waals surface area contributed by atoms with Crippen molar-refractivity contribution in [3.05, 3.63) is 17.7 Å². The van der Waals surface area contributed by atoms with Gasteiger partial charge in [-0.3, -0.25) is 28.9 Å². The highest BCUT2D eigenvalue weighted by atomic mass is 16.5. The molecule has 1 saturated heterocycles. The normalized spacial score (nSPS) is 15.8. The molecule has 0 radical (unpaired) electrons. The van der Waals surface area contributed by atoms with Crippen molar-refractivity contribution >= 4 is 35.6 Å². The fourth-order valence-corrected chi connectivity index (χ4v) is 3.56. The van der Waals surface area contributed by atoms with E-state index >= 15 is 0 Å². The number of likely N-dealkylation sites (tertiary alicyclic amines) is 1. The first-order valence-electron chi connectivity index (χ1n) is 11.0. The molecule has 2 N–H and O–H groups in total. The van der Waals surface area contributed by atoms with Gasteiger partial charge in [0.05, 0.1) is 42.0 Å². The second-order valence-electron chi connectivity index (χ2n) is 7.72. The van der Waals surface area contributed by atoms with Gasteiger partial charge in [0.2, 0.25) is 17.6 Å². The molecule has 1 aromatic rings. The Hall–Kier alpha value is -4.36. The SMILES string of the molecule is COC(=O)C[C@@H](NC(=O)CN1C(=O)CC[C@H](NC(=O)c2cc(OC)c(OC)c(OC)c2)C1=O)C(=O)OC. The van der Waals surface area contributed by atoms with Crippen LogP contribution in [-0.2, 0) is 33.4 Å². The molecule has 14 nitrogen and oxygen atoms in total. The average Bonchev–Trinajstić information content (AvgIpc) is 2.90. The zero-order valence-electron chi connectivity index (χ0n) is 21.1. The third-order valence-electron chi connectivity index (χ3n) is 5.47. The Kier molecular flexibility index (Phi) is 10.2. The van der Waals surface area contributed by atoms with Crippen molar-refractivity contribution in [1.82, 2.24) is 15.5 Å². The topological polar surface area (TPSA) is 176 Å². The summed E-state index contributed by atoms with van der Waals surface area (Å²) in [5.41, 5.74) is 0.104. The van der Waals surface area contributed by atoms with Crippen LogP contribution < -0.4 is 24.8 Å². The van der Waals surface area contributed by atoms with Crippen molar-refractivity contribution in [2.24, 2.45) is 0 Å². The monoisotopic (exact) mass is 523 g/mol. The Bertz CT molecular complexity index is 1050. The van der Waals surface area contributed by atoms with Gasteiger partial charge >= 0.3 is 11.9 Å². The number of esters is 2. The largest absolute Gasteiger partial charge is 0.493 e. The summed E-state index contributed by atoms with van der Waals surface area (Å²) in [4.78, 5) is 74.8. The fourth-order valence-electron chi connectivity index (χ4n) is 3.56. The van der Waals surface area contributed by atoms with Gasteiger partial charge in [-0.05, 0) is 18.6 Å². The van der Waals surface area contributed by atoms with E-state index in [1.807, 2.05) is 0 Å². The molecule has 202 valence electrons. The minimum Gasteiger partial charge on any atom is -0.493 e. The summed E-state index contributed by atoms with van der Waals surface area (Å²) in [5.74, 6) is -3.96. The lowest BCUT2D eigenvalue weighted by Crippen LogP contribution is -2.57. The van der Waals surface area contributed by atoms with Crippen LogP contribution in [0.2, 0.25) is 0 Å². The average molecular weight is 523 g/mol. The summed E-state index contributed by atoms with van der Waals surface area (Å²) in [6.07, 6.45) is -0.620. The molecule has 2 atom stereocenters. The fraction of sp³-hybridized carbons (Fsp3) is 0.478. The summed E-state index contributed by atoms with van der Waals surface area (Å²) in [7, 11) is 6.35. The zero-order valence-corrected chi connectivity index (χ0v) is 21.1. The van der Waals surface area contributed by atoms with Crippen LogP contribution in [0.5, 0.6) is 17.2 Å². The van der Waals surface area contributed by atoms with Crippen molar-refractivity contribution in [2.45, 2.75) is 31.3 Å². The summed E-state index contributed by atoms with van der Waals surface area (Å²) in [6.45, 7) is -0.733. The lowest BCUT2D eigenvalue weighted by atomic mass is 10.0. The van der Waals surface area contributed by atoms with E-state index in [2.05, 4.69) is 20.1 Å². The first-order valence-corrected chi connectivity index (χ1v) is 11.0. The molecule has 1 heterocycles. The first-order chi connectivity index (χ1) is 17.6. The quantitative estimate of drug-likeness (QED) is 0.274. The van der Waals surface area contributed by atoms with Crippen molar-refractivity contribution in [2.75, 3.05) is 42.1 Å². The summed E-state index contributed by atoms with van der Waals surface area (Å²) in [6, 6.07) is 0.308. The van der Waals surface area contributed by atoms with E-state index in [1.54, 1.807) is 0 Å². The molecule has 37 heavy (non-hydrogen) atoms. The molecule has 0 saturated carbocycles. The second-order valence-corrected chi connectivity index (χ2v) is 7.72. The lowest BCUT2D eigenvalue weighted by molar-refractivity contribution is -0.154. The highest BCUT2D eigenvalue weighted by molar-refractivity contribution is 6.06. The number of amides is 4. The minimum absolute atomic E-state index is 0.0130. The number of nitrogens with one attached hydrogen (secondary N) is 2. The molecular weight excluding hydrogens is 494 g/mol. The van der Waals surface area contributed by atoms with Gasteiger partial charge in [-0.25, -0.2) is 4.79 Å². The van der Waals surface area contributed by atoms with Crippen LogP contribution in [0.1, 0.15) is 29.6 Å². The molecule has 0 aromatic heterocycles. The molecule has 1 aliphatic rings. The highest BCUT2D eigenvalue weighted by Crippen LogP contribution is 2.38. The molecule has 4 amide bonds. The molecule has 1 aromatic carbocycles. The van der Waals surface area contributed by atoms with Gasteiger partial charge in [-0.2, -0.15) is 0 Å². The van der Waals surface area contributed by atoms with Gasteiger partial charge in [0.25, 0.3) is 11.8 Å². The number of hydrogen-bond acceptors (Lipinski definition) is 11. The van der Waals surface area contributed by atoms with Gasteiger partial charge in [-0.15, -0.1) is 0 Å². The zero-order chi connectivity index (χ0) is 27.7. The van der Waals surface area contributed by atoms with E-state index in [4.69, 9.17) is 14.2 Å². The summed E-state index contributed by atoms with van der Waals surface area (Å²) < 4.78 is 24.7. The second kappa shape index (κ2) is 13.1. The number of ether oxygens (including phenoxy) is 5. The number of imide groups is 1. The van der Waals surface area contributed by atoms with Crippen molar-refractivity contribution in [3.8, 4) is 17.2 Å². The van der Waals surface area contributed by atoms with E-state index in [9.17, 15) is 28.8 Å². The predicted molar refractivity (Wildman–Crippen MR) is 124 cm³/mol. The third kappa shape index (κ3) is 7.08. The molecule has 1 fully saturated rings. The van der Waals surface area contributed by atoms with Crippen LogP contribution in [0.4, 0.5) is 0 Å². The number of carbonyl (C=O) groups is 6. The van der Waals surface area contributed by atoms with Gasteiger partial charge in [0, 0.05) is 12.0 Å². The standard InChI is InChI=1S/C23H29N3O11/c1-33-15-8-12(9-16(34-2)20(15)36-4)21(30)25-13-6-7-18(28)26(22(13)31)11-17(27)24-14(23(32)37-5)10-19(29)35-3/h8-9,13-14H,6-7,10-11H2,1-5H3,(H,24,27)(H,25,30)/t13-,14+/m0/s1. The molecule has 14 heteroatoms. The summed E-state index contributed by atoms with van der Waals surface area (Å²) >= 11 is 0. The Morgan fingerprint density at radius 3 is 2.11 bits per heavy atom. The number of carbonyl (C=O) groups excluding carboxylic acids is 6. The number of methoxy groups -OCH3 is 5. The molecule has 0 bridgehead atoms. The van der Waals surface area contributed by atoms with Crippen molar-refractivity contribution in [1.29, 1.82) is 0 Å². The Morgan fingerprint density at radius 1 is 0.973 bits per heavy atom. The Labute approximate surface area is 212 Å². The first kappa shape index (κ1) is 28.9. The van der Waals surface area contributed by atoms with E-state index in [0.717, 1.165) is 14.2 Å². The Balaban J connectivity index is 2.14. The molecule has 2 rings (SSSR count). The highest BCUT2D eigenvalue weighted by Gasteiger charge is 2.37. The van der Waals surface area contributed by atoms with Gasteiger partial charge < -0.3 is 34.3 Å². The smallest absolute Gasteiger partial charge is 0.328 e. The maximum atomic E-state index is 13.0. The molecule has 0 spiro atoms. The van der Waals surface area contributed by atoms with Gasteiger partial charge in [0.1, 0.15) is 18.6 Å². The number of hydrogen-bond donors (Lipinski definition) is 2. The van der Waals surface area contributed by atoms with E-state index in [-0.39, 0.29) is 35.7 Å². The third-order valence-corrected chi connectivity index (χ3v) is 5.47. The molecular formula is C23H29N3O11. The van der Waals surface area contributed by atoms with Crippen LogP contribution in [0, 0.1) is 0 Å². The number of rotatable bonds is 11. The van der Waals surface area contributed by atoms with Crippen LogP contribution in [-0.4, -0.2) is 94.6 Å². The van der Waals surface area contributed by atoms with E-state index in [1.165, 1.54) is 33.5 Å². The van der Waals surface area contributed by atoms with Gasteiger partial charge in [-0.1, -0.05) is 0 Å². The predicted octanol–water partition coefficient (Wildman–Crippen LogP) is -0.819. The molecule has 1 aliphatic heterocycles. The van der Waals surface area contributed by atoms with Crippen molar-refractivity contribution in [3.63, 3.8) is 0 Å². The molecule has 0 unspecified atom stereocenters. The number of nitrogens with zero attached hydrogens (tertiary/aromatic N) is 1. The minimum atomic E-state index is -1.38.